The first-order valence-corrected chi connectivity index (χ1v) is 5.69. The first-order chi connectivity index (χ1) is 7.29. The first kappa shape index (κ1) is 10.6. The second-order valence-corrected chi connectivity index (χ2v) is 4.57. The standard InChI is InChI=1S/C11H20N4/c1-9-2-3-15(6-10(9)4-12)7-11-5-13-8-14-11/h5,8-10H,2-4,6-7,12H2,1H3,(H,13,14). The van der Waals surface area contributed by atoms with Crippen LogP contribution < -0.4 is 5.73 Å². The van der Waals surface area contributed by atoms with Crippen LogP contribution in [0.4, 0.5) is 0 Å². The van der Waals surface area contributed by atoms with Crippen molar-refractivity contribution in [3.05, 3.63) is 18.2 Å². The Morgan fingerprint density at radius 1 is 1.67 bits per heavy atom. The lowest BCUT2D eigenvalue weighted by atomic mass is 9.87. The fraction of sp³-hybridized carbons (Fsp3) is 0.727. The fourth-order valence-corrected chi connectivity index (χ4v) is 2.29. The van der Waals surface area contributed by atoms with Crippen LogP contribution in [-0.4, -0.2) is 34.5 Å². The number of piperidine rings is 1. The zero-order valence-corrected chi connectivity index (χ0v) is 9.32. The second-order valence-electron chi connectivity index (χ2n) is 4.57. The Morgan fingerprint density at radius 2 is 2.53 bits per heavy atom. The van der Waals surface area contributed by atoms with E-state index < -0.39 is 0 Å². The average Bonchev–Trinajstić information content (AvgIpc) is 2.73. The highest BCUT2D eigenvalue weighted by molar-refractivity contribution is 4.95. The van der Waals surface area contributed by atoms with Crippen LogP contribution in [-0.2, 0) is 6.54 Å². The lowest BCUT2D eigenvalue weighted by molar-refractivity contribution is 0.125. The number of aromatic nitrogens is 2. The molecule has 15 heavy (non-hydrogen) atoms. The van der Waals surface area contributed by atoms with Gasteiger partial charge in [0.2, 0.25) is 0 Å². The number of hydrogen-bond donors (Lipinski definition) is 2. The summed E-state index contributed by atoms with van der Waals surface area (Å²) in [6, 6.07) is 0. The number of hydrogen-bond acceptors (Lipinski definition) is 3. The third kappa shape index (κ3) is 2.58. The lowest BCUT2D eigenvalue weighted by Gasteiger charge is -2.36. The van der Waals surface area contributed by atoms with Gasteiger partial charge in [0, 0.05) is 25.0 Å². The summed E-state index contributed by atoms with van der Waals surface area (Å²) in [5.74, 6) is 1.43. The fourth-order valence-electron chi connectivity index (χ4n) is 2.29. The molecule has 4 nitrogen and oxygen atoms in total. The Balaban J connectivity index is 1.89. The Kier molecular flexibility index (Phi) is 3.38. The number of nitrogens with one attached hydrogen (secondary N) is 1. The third-order valence-electron chi connectivity index (χ3n) is 3.45. The van der Waals surface area contributed by atoms with Gasteiger partial charge in [0.1, 0.15) is 0 Å². The molecule has 1 saturated heterocycles. The van der Waals surface area contributed by atoms with Crippen LogP contribution in [0.1, 0.15) is 19.0 Å². The van der Waals surface area contributed by atoms with Crippen molar-refractivity contribution in [3.63, 3.8) is 0 Å². The Bertz CT molecular complexity index is 283. The van der Waals surface area contributed by atoms with Crippen molar-refractivity contribution < 1.29 is 0 Å². The van der Waals surface area contributed by atoms with Gasteiger partial charge >= 0.3 is 0 Å². The molecule has 4 heteroatoms. The van der Waals surface area contributed by atoms with E-state index in [9.17, 15) is 0 Å². The normalized spacial score (nSPS) is 28.1. The number of likely N-dealkylation sites (tertiary alicyclic amines) is 1. The van der Waals surface area contributed by atoms with Crippen LogP contribution in [0.5, 0.6) is 0 Å². The number of aromatic amines is 1. The van der Waals surface area contributed by atoms with E-state index in [-0.39, 0.29) is 0 Å². The summed E-state index contributed by atoms with van der Waals surface area (Å²) in [5.41, 5.74) is 6.98. The highest BCUT2D eigenvalue weighted by Gasteiger charge is 2.24. The molecule has 1 aliphatic heterocycles. The molecule has 0 aromatic carbocycles. The highest BCUT2D eigenvalue weighted by Crippen LogP contribution is 2.22. The largest absolute Gasteiger partial charge is 0.347 e. The van der Waals surface area contributed by atoms with Crippen molar-refractivity contribution in [2.24, 2.45) is 17.6 Å². The van der Waals surface area contributed by atoms with E-state index in [1.165, 1.54) is 18.7 Å². The topological polar surface area (TPSA) is 57.9 Å². The van der Waals surface area contributed by atoms with Gasteiger partial charge in [0.25, 0.3) is 0 Å². The molecule has 2 unspecified atom stereocenters. The highest BCUT2D eigenvalue weighted by atomic mass is 15.1. The number of nitrogens with two attached hydrogens (primary N) is 1. The predicted octanol–water partition coefficient (Wildman–Crippen LogP) is 0.826. The Hall–Kier alpha value is -0.870. The summed E-state index contributed by atoms with van der Waals surface area (Å²) in [7, 11) is 0. The SMILES string of the molecule is CC1CCN(Cc2cnc[nH]2)CC1CN. The molecule has 0 aliphatic carbocycles. The van der Waals surface area contributed by atoms with Gasteiger partial charge in [0.05, 0.1) is 6.33 Å². The summed E-state index contributed by atoms with van der Waals surface area (Å²) in [6.07, 6.45) is 4.90. The maximum Gasteiger partial charge on any atom is 0.0922 e. The van der Waals surface area contributed by atoms with Crippen molar-refractivity contribution >= 4 is 0 Å². The molecule has 2 heterocycles. The van der Waals surface area contributed by atoms with Crippen molar-refractivity contribution in [1.29, 1.82) is 0 Å². The van der Waals surface area contributed by atoms with E-state index >= 15 is 0 Å². The van der Waals surface area contributed by atoms with Crippen molar-refractivity contribution in [2.45, 2.75) is 19.9 Å². The quantitative estimate of drug-likeness (QED) is 0.773. The molecule has 0 saturated carbocycles. The van der Waals surface area contributed by atoms with Crippen LogP contribution in [0, 0.1) is 11.8 Å². The maximum atomic E-state index is 5.78. The molecule has 0 bridgehead atoms. The van der Waals surface area contributed by atoms with E-state index in [0.717, 1.165) is 25.6 Å². The first-order valence-electron chi connectivity index (χ1n) is 5.69. The summed E-state index contributed by atoms with van der Waals surface area (Å²) in [6.45, 7) is 6.39. The zero-order chi connectivity index (χ0) is 10.7. The van der Waals surface area contributed by atoms with E-state index in [1.807, 2.05) is 6.20 Å². The minimum Gasteiger partial charge on any atom is -0.347 e. The molecule has 2 atom stereocenters. The lowest BCUT2D eigenvalue weighted by Crippen LogP contribution is -2.42. The van der Waals surface area contributed by atoms with Crippen LogP contribution in [0.3, 0.4) is 0 Å². The smallest absolute Gasteiger partial charge is 0.0922 e. The molecule has 0 radical (unpaired) electrons. The Morgan fingerprint density at radius 3 is 3.20 bits per heavy atom. The molecule has 3 N–H and O–H groups in total. The van der Waals surface area contributed by atoms with Crippen LogP contribution in [0.15, 0.2) is 12.5 Å². The van der Waals surface area contributed by atoms with Gasteiger partial charge in [-0.1, -0.05) is 6.92 Å². The van der Waals surface area contributed by atoms with Gasteiger partial charge in [-0.25, -0.2) is 4.98 Å². The number of rotatable bonds is 3. The van der Waals surface area contributed by atoms with Gasteiger partial charge < -0.3 is 10.7 Å². The molecule has 1 aliphatic rings. The molecule has 1 aromatic heterocycles. The summed E-state index contributed by atoms with van der Waals surface area (Å²) < 4.78 is 0. The minimum atomic E-state index is 0.654. The van der Waals surface area contributed by atoms with E-state index in [1.54, 1.807) is 6.33 Å². The van der Waals surface area contributed by atoms with Gasteiger partial charge in [-0.3, -0.25) is 4.90 Å². The van der Waals surface area contributed by atoms with Gasteiger partial charge in [-0.2, -0.15) is 0 Å². The molecular formula is C11H20N4. The number of nitrogens with zero attached hydrogens (tertiary/aromatic N) is 2. The maximum absolute atomic E-state index is 5.78. The van der Waals surface area contributed by atoms with E-state index in [0.29, 0.717) is 5.92 Å². The van der Waals surface area contributed by atoms with Gasteiger partial charge in [-0.15, -0.1) is 0 Å². The molecule has 84 valence electrons. The summed E-state index contributed by atoms with van der Waals surface area (Å²) in [5, 5.41) is 0. The predicted molar refractivity (Wildman–Crippen MR) is 60.2 cm³/mol. The van der Waals surface area contributed by atoms with Crippen molar-refractivity contribution in [3.8, 4) is 0 Å². The molecular weight excluding hydrogens is 188 g/mol. The van der Waals surface area contributed by atoms with Crippen LogP contribution in [0.2, 0.25) is 0 Å². The summed E-state index contributed by atoms with van der Waals surface area (Å²) in [4.78, 5) is 9.64. The van der Waals surface area contributed by atoms with E-state index in [4.69, 9.17) is 5.73 Å². The van der Waals surface area contributed by atoms with Crippen LogP contribution >= 0.6 is 0 Å². The zero-order valence-electron chi connectivity index (χ0n) is 9.32. The molecule has 1 fully saturated rings. The molecule has 0 amide bonds. The molecule has 1 aromatic rings. The average molecular weight is 208 g/mol. The number of imidazole rings is 1. The molecule has 2 rings (SSSR count). The van der Waals surface area contributed by atoms with Gasteiger partial charge in [-0.05, 0) is 31.3 Å². The van der Waals surface area contributed by atoms with Gasteiger partial charge in [0.15, 0.2) is 0 Å². The minimum absolute atomic E-state index is 0.654. The number of H-pyrrole nitrogens is 1. The Labute approximate surface area is 90.9 Å². The molecule has 0 spiro atoms. The third-order valence-corrected chi connectivity index (χ3v) is 3.45. The van der Waals surface area contributed by atoms with Crippen molar-refractivity contribution in [1.82, 2.24) is 14.9 Å². The monoisotopic (exact) mass is 208 g/mol. The summed E-state index contributed by atoms with van der Waals surface area (Å²) >= 11 is 0. The second kappa shape index (κ2) is 4.77. The van der Waals surface area contributed by atoms with Crippen LogP contribution in [0.25, 0.3) is 0 Å². The van der Waals surface area contributed by atoms with E-state index in [2.05, 4.69) is 21.8 Å². The van der Waals surface area contributed by atoms with Crippen molar-refractivity contribution in [2.75, 3.05) is 19.6 Å².